The van der Waals surface area contributed by atoms with Gasteiger partial charge in [0, 0.05) is 31.9 Å². The Kier molecular flexibility index (Phi) is 2.52. The Morgan fingerprint density at radius 2 is 2.44 bits per heavy atom. The standard InChI is InChI=1S/C12H18N4/c1-2-11-10-7-13-6-9(10)8-16(11)12-4-3-5-14-15-12/h3-5,9-11,13H,2,6-8H2,1H3. The summed E-state index contributed by atoms with van der Waals surface area (Å²) < 4.78 is 0. The van der Waals surface area contributed by atoms with Crippen molar-refractivity contribution in [3.05, 3.63) is 18.3 Å². The van der Waals surface area contributed by atoms with Gasteiger partial charge in [0.1, 0.15) is 0 Å². The van der Waals surface area contributed by atoms with E-state index in [2.05, 4.69) is 33.4 Å². The van der Waals surface area contributed by atoms with Crippen molar-refractivity contribution in [3.63, 3.8) is 0 Å². The molecule has 0 bridgehead atoms. The molecule has 2 aliphatic heterocycles. The van der Waals surface area contributed by atoms with Crippen LogP contribution in [0.15, 0.2) is 18.3 Å². The van der Waals surface area contributed by atoms with E-state index >= 15 is 0 Å². The maximum absolute atomic E-state index is 4.24. The van der Waals surface area contributed by atoms with Crippen LogP contribution >= 0.6 is 0 Å². The number of fused-ring (bicyclic) bond motifs is 1. The van der Waals surface area contributed by atoms with Gasteiger partial charge in [-0.25, -0.2) is 0 Å². The smallest absolute Gasteiger partial charge is 0.151 e. The Morgan fingerprint density at radius 3 is 3.19 bits per heavy atom. The quantitative estimate of drug-likeness (QED) is 0.801. The zero-order chi connectivity index (χ0) is 11.0. The molecule has 1 aromatic rings. The lowest BCUT2D eigenvalue weighted by Crippen LogP contribution is -2.35. The molecule has 2 saturated heterocycles. The number of hydrogen-bond donors (Lipinski definition) is 1. The van der Waals surface area contributed by atoms with E-state index in [-0.39, 0.29) is 0 Å². The first kappa shape index (κ1) is 10.0. The molecule has 1 N–H and O–H groups in total. The molecule has 2 fully saturated rings. The fourth-order valence-electron chi connectivity index (χ4n) is 3.26. The van der Waals surface area contributed by atoms with Crippen LogP contribution in [0.5, 0.6) is 0 Å². The Labute approximate surface area is 96.1 Å². The average molecular weight is 218 g/mol. The Hall–Kier alpha value is -1.16. The van der Waals surface area contributed by atoms with E-state index < -0.39 is 0 Å². The molecule has 0 amide bonds. The van der Waals surface area contributed by atoms with E-state index in [1.807, 2.05) is 6.07 Å². The van der Waals surface area contributed by atoms with Crippen molar-refractivity contribution in [2.45, 2.75) is 19.4 Å². The molecule has 1 aromatic heterocycles. The Balaban J connectivity index is 1.86. The van der Waals surface area contributed by atoms with Crippen molar-refractivity contribution >= 4 is 5.82 Å². The average Bonchev–Trinajstić information content (AvgIpc) is 2.89. The van der Waals surface area contributed by atoms with Gasteiger partial charge in [-0.3, -0.25) is 0 Å². The van der Waals surface area contributed by atoms with Crippen molar-refractivity contribution < 1.29 is 0 Å². The summed E-state index contributed by atoms with van der Waals surface area (Å²) in [4.78, 5) is 2.45. The van der Waals surface area contributed by atoms with Crippen LogP contribution in [0.1, 0.15) is 13.3 Å². The molecule has 86 valence electrons. The third kappa shape index (κ3) is 1.48. The third-order valence-corrected chi connectivity index (χ3v) is 3.99. The number of nitrogens with one attached hydrogen (secondary N) is 1. The summed E-state index contributed by atoms with van der Waals surface area (Å²) in [5.74, 6) is 2.64. The molecule has 0 saturated carbocycles. The van der Waals surface area contributed by atoms with E-state index in [1.54, 1.807) is 6.20 Å². The lowest BCUT2D eigenvalue weighted by Gasteiger charge is -2.27. The molecule has 16 heavy (non-hydrogen) atoms. The van der Waals surface area contributed by atoms with E-state index in [0.717, 1.165) is 30.7 Å². The van der Waals surface area contributed by atoms with Crippen LogP contribution in [0.25, 0.3) is 0 Å². The van der Waals surface area contributed by atoms with Crippen LogP contribution in [0.2, 0.25) is 0 Å². The normalized spacial score (nSPS) is 33.1. The second kappa shape index (κ2) is 4.01. The molecule has 2 aliphatic rings. The maximum atomic E-state index is 4.24. The summed E-state index contributed by atoms with van der Waals surface area (Å²) >= 11 is 0. The zero-order valence-electron chi connectivity index (χ0n) is 9.63. The largest absolute Gasteiger partial charge is 0.351 e. The topological polar surface area (TPSA) is 41.0 Å². The van der Waals surface area contributed by atoms with Crippen LogP contribution < -0.4 is 10.2 Å². The van der Waals surface area contributed by atoms with E-state index in [1.165, 1.54) is 13.0 Å². The molecule has 0 aliphatic carbocycles. The van der Waals surface area contributed by atoms with Crippen molar-refractivity contribution in [1.29, 1.82) is 0 Å². The number of nitrogens with zero attached hydrogens (tertiary/aromatic N) is 3. The molecule has 3 atom stereocenters. The summed E-state index contributed by atoms with van der Waals surface area (Å²) in [5.41, 5.74) is 0. The van der Waals surface area contributed by atoms with Crippen molar-refractivity contribution in [1.82, 2.24) is 15.5 Å². The summed E-state index contributed by atoms with van der Waals surface area (Å²) in [5, 5.41) is 11.7. The molecular formula is C12H18N4. The van der Waals surface area contributed by atoms with Gasteiger partial charge < -0.3 is 10.2 Å². The minimum atomic E-state index is 0.636. The zero-order valence-corrected chi connectivity index (χ0v) is 9.63. The fraction of sp³-hybridized carbons (Fsp3) is 0.667. The van der Waals surface area contributed by atoms with Gasteiger partial charge in [-0.05, 0) is 30.4 Å². The van der Waals surface area contributed by atoms with Crippen LogP contribution in [0.3, 0.4) is 0 Å². The lowest BCUT2D eigenvalue weighted by molar-refractivity contribution is 0.441. The van der Waals surface area contributed by atoms with Crippen LogP contribution in [0.4, 0.5) is 5.82 Å². The predicted octanol–water partition coefficient (Wildman–Crippen LogP) is 0.911. The SMILES string of the molecule is CCC1C2CNCC2CN1c1cccnn1. The third-order valence-electron chi connectivity index (χ3n) is 3.99. The van der Waals surface area contributed by atoms with E-state index in [4.69, 9.17) is 0 Å². The van der Waals surface area contributed by atoms with E-state index in [0.29, 0.717) is 6.04 Å². The highest BCUT2D eigenvalue weighted by molar-refractivity contribution is 5.41. The van der Waals surface area contributed by atoms with Gasteiger partial charge in [0.15, 0.2) is 5.82 Å². The fourth-order valence-corrected chi connectivity index (χ4v) is 3.26. The van der Waals surface area contributed by atoms with Gasteiger partial charge >= 0.3 is 0 Å². The van der Waals surface area contributed by atoms with Gasteiger partial charge in [-0.15, -0.1) is 5.10 Å². The van der Waals surface area contributed by atoms with Gasteiger partial charge in [-0.1, -0.05) is 6.92 Å². The first-order chi connectivity index (χ1) is 7.90. The molecule has 3 unspecified atom stereocenters. The molecule has 0 aromatic carbocycles. The van der Waals surface area contributed by atoms with Crippen LogP contribution in [-0.4, -0.2) is 35.9 Å². The molecule has 3 heterocycles. The maximum Gasteiger partial charge on any atom is 0.151 e. The first-order valence-corrected chi connectivity index (χ1v) is 6.15. The highest BCUT2D eigenvalue weighted by Crippen LogP contribution is 2.36. The summed E-state index contributed by atoms with van der Waals surface area (Å²) in [7, 11) is 0. The summed E-state index contributed by atoms with van der Waals surface area (Å²) in [6, 6.07) is 4.68. The van der Waals surface area contributed by atoms with Crippen molar-refractivity contribution in [2.24, 2.45) is 11.8 Å². The lowest BCUT2D eigenvalue weighted by atomic mass is 9.93. The molecule has 4 nitrogen and oxygen atoms in total. The number of aromatic nitrogens is 2. The van der Waals surface area contributed by atoms with Gasteiger partial charge in [0.05, 0.1) is 0 Å². The second-order valence-electron chi connectivity index (χ2n) is 4.79. The Bertz CT molecular complexity index is 353. The minimum absolute atomic E-state index is 0.636. The first-order valence-electron chi connectivity index (χ1n) is 6.15. The molecule has 4 heteroatoms. The van der Waals surface area contributed by atoms with Gasteiger partial charge in [0.25, 0.3) is 0 Å². The summed E-state index contributed by atoms with van der Waals surface area (Å²) in [6.45, 7) is 5.74. The molecule has 0 spiro atoms. The summed E-state index contributed by atoms with van der Waals surface area (Å²) in [6.07, 6.45) is 2.93. The molecule has 0 radical (unpaired) electrons. The Morgan fingerprint density at radius 1 is 1.50 bits per heavy atom. The molecule has 3 rings (SSSR count). The van der Waals surface area contributed by atoms with Crippen molar-refractivity contribution in [3.8, 4) is 0 Å². The van der Waals surface area contributed by atoms with Crippen LogP contribution in [0, 0.1) is 11.8 Å². The number of rotatable bonds is 2. The number of anilines is 1. The highest BCUT2D eigenvalue weighted by atomic mass is 15.3. The number of hydrogen-bond acceptors (Lipinski definition) is 4. The van der Waals surface area contributed by atoms with Gasteiger partial charge in [0.2, 0.25) is 0 Å². The van der Waals surface area contributed by atoms with Gasteiger partial charge in [-0.2, -0.15) is 5.10 Å². The molecular weight excluding hydrogens is 200 g/mol. The second-order valence-corrected chi connectivity index (χ2v) is 4.79. The van der Waals surface area contributed by atoms with Crippen LogP contribution in [-0.2, 0) is 0 Å². The predicted molar refractivity (Wildman–Crippen MR) is 63.3 cm³/mol. The minimum Gasteiger partial charge on any atom is -0.351 e. The van der Waals surface area contributed by atoms with Crippen molar-refractivity contribution in [2.75, 3.05) is 24.5 Å². The monoisotopic (exact) mass is 218 g/mol. The van der Waals surface area contributed by atoms with E-state index in [9.17, 15) is 0 Å². The highest BCUT2D eigenvalue weighted by Gasteiger charge is 2.43.